The van der Waals surface area contributed by atoms with Crippen molar-refractivity contribution in [1.82, 2.24) is 0 Å². The summed E-state index contributed by atoms with van der Waals surface area (Å²) in [5.74, 6) is 0. The Balaban J connectivity index is 1.18. The van der Waals surface area contributed by atoms with Crippen LogP contribution in [0.5, 0.6) is 0 Å². The van der Waals surface area contributed by atoms with Gasteiger partial charge in [-0.15, -0.1) is 0 Å². The summed E-state index contributed by atoms with van der Waals surface area (Å²) in [4.78, 5) is 4.89. The Kier molecular flexibility index (Phi) is 9.14. The van der Waals surface area contributed by atoms with E-state index in [0.717, 1.165) is 109 Å². The summed E-state index contributed by atoms with van der Waals surface area (Å²) in [6.07, 6.45) is 4.37. The summed E-state index contributed by atoms with van der Waals surface area (Å²) in [7, 11) is 0. The zero-order valence-corrected chi connectivity index (χ0v) is 44.6. The fourth-order valence-corrected chi connectivity index (χ4v) is 13.5. The van der Waals surface area contributed by atoms with Gasteiger partial charge in [-0.25, -0.2) is 0 Å². The maximum Gasteiger partial charge on any atom is 0.252 e. The average Bonchev–Trinajstić information content (AvgIpc) is 3.81. The smallest absolute Gasteiger partial charge is 0.252 e. The third kappa shape index (κ3) is 6.98. The molecule has 0 amide bonds. The molecule has 364 valence electrons. The van der Waals surface area contributed by atoms with Crippen LogP contribution in [-0.4, -0.2) is 6.71 Å². The zero-order valence-electron chi connectivity index (χ0n) is 47.6. The lowest BCUT2D eigenvalue weighted by Gasteiger charge is -2.48. The average molecular weight is 956 g/mol. The molecule has 0 atom stereocenters. The Morgan fingerprint density at radius 2 is 1.10 bits per heavy atom. The Bertz CT molecular complexity index is 3890. The molecule has 3 nitrogen and oxygen atoms in total. The van der Waals surface area contributed by atoms with Crippen molar-refractivity contribution >= 4 is 79.2 Å². The molecule has 0 N–H and O–H groups in total. The molecule has 13 rings (SSSR count). The second-order valence-corrected chi connectivity index (χ2v) is 25.7. The van der Waals surface area contributed by atoms with Crippen LogP contribution in [0.1, 0.15) is 139 Å². The van der Waals surface area contributed by atoms with Gasteiger partial charge in [-0.2, -0.15) is 0 Å². The van der Waals surface area contributed by atoms with Gasteiger partial charge in [0.15, 0.2) is 0 Å². The molecule has 3 heterocycles. The molecule has 4 aliphatic rings. The molecular weight excluding hydrogens is 884 g/mol. The highest BCUT2D eigenvalue weighted by atomic mass is 16.3. The molecule has 0 saturated carbocycles. The van der Waals surface area contributed by atoms with E-state index in [0.29, 0.717) is 5.56 Å². The molecule has 2 aliphatic carbocycles. The Hall–Kier alpha value is -6.78. The standard InChI is InChI=1S/C69H69BN2O/c1-42-35-59-64-60(36-42)72(56-30-26-45(65(2,3)4)38-49(56)43-19-14-13-15-20-43)57-29-25-44(47-22-18-24-62-63(47)48-21-16-17-23-61(48)73-62)37-54(57)70(64)55-40-52-53(69(11,12)34-33-68(52,9)10)41-58(55)71(59)46-27-28-50-51(39-46)67(7,8)32-31-66(50,5)6/h13-30,35-41H,31-34H2,1-12H3/i1D3. The number of rotatable bonds is 4. The van der Waals surface area contributed by atoms with Crippen LogP contribution in [0.4, 0.5) is 34.1 Å². The summed E-state index contributed by atoms with van der Waals surface area (Å²) >= 11 is 0. The topological polar surface area (TPSA) is 19.6 Å². The van der Waals surface area contributed by atoms with Gasteiger partial charge in [0.05, 0.1) is 5.69 Å². The van der Waals surface area contributed by atoms with Gasteiger partial charge in [0.1, 0.15) is 11.2 Å². The maximum absolute atomic E-state index is 9.30. The SMILES string of the molecule is [2H]C([2H])([2H])c1cc2c3c(c1)N(c1ccc(C(C)(C)C)cc1-c1ccccc1)c1ccc(-c4cccc5oc6ccccc6c45)cc1B3c1cc3c(cc1N2c1ccc2c(c1)C(C)(C)CCC2(C)C)C(C)(C)CCC3(C)C. The molecule has 9 aromatic rings. The maximum atomic E-state index is 9.30. The number of hydrogen-bond donors (Lipinski definition) is 0. The normalized spacial score (nSPS) is 18.5. The molecule has 0 radical (unpaired) electrons. The Morgan fingerprint density at radius 3 is 1.81 bits per heavy atom. The van der Waals surface area contributed by atoms with Gasteiger partial charge in [-0.05, 0) is 187 Å². The van der Waals surface area contributed by atoms with Gasteiger partial charge >= 0.3 is 0 Å². The van der Waals surface area contributed by atoms with Crippen LogP contribution >= 0.6 is 0 Å². The molecule has 0 bridgehead atoms. The summed E-state index contributed by atoms with van der Waals surface area (Å²) in [5.41, 5.74) is 22.5. The first-order chi connectivity index (χ1) is 35.9. The van der Waals surface area contributed by atoms with Gasteiger partial charge in [-0.1, -0.05) is 167 Å². The molecule has 2 aliphatic heterocycles. The summed E-state index contributed by atoms with van der Waals surface area (Å²) in [6.45, 7) is 23.4. The summed E-state index contributed by atoms with van der Waals surface area (Å²) in [5, 5.41) is 2.19. The van der Waals surface area contributed by atoms with Crippen molar-refractivity contribution in [2.24, 2.45) is 0 Å². The molecule has 0 unspecified atom stereocenters. The minimum absolute atomic E-state index is 0.0251. The highest BCUT2D eigenvalue weighted by molar-refractivity contribution is 7.00. The number of para-hydroxylation sites is 1. The monoisotopic (exact) mass is 956 g/mol. The van der Waals surface area contributed by atoms with Crippen molar-refractivity contribution in [2.75, 3.05) is 9.80 Å². The van der Waals surface area contributed by atoms with E-state index in [2.05, 4.69) is 219 Å². The number of nitrogens with zero attached hydrogens (tertiary/aromatic N) is 2. The number of fused-ring (bicyclic) bond motifs is 9. The van der Waals surface area contributed by atoms with Crippen LogP contribution in [-0.2, 0) is 27.1 Å². The van der Waals surface area contributed by atoms with E-state index in [-0.39, 0.29) is 33.8 Å². The fraction of sp³-hybridized carbons (Fsp3) is 0.304. The van der Waals surface area contributed by atoms with Gasteiger partial charge in [0.2, 0.25) is 0 Å². The molecule has 4 heteroatoms. The lowest BCUT2D eigenvalue weighted by atomic mass is 9.33. The minimum Gasteiger partial charge on any atom is -0.456 e. The predicted octanol–water partition coefficient (Wildman–Crippen LogP) is 17.3. The van der Waals surface area contributed by atoms with Crippen LogP contribution in [0, 0.1) is 6.85 Å². The molecule has 73 heavy (non-hydrogen) atoms. The van der Waals surface area contributed by atoms with E-state index in [1.54, 1.807) is 0 Å². The van der Waals surface area contributed by atoms with E-state index in [9.17, 15) is 4.11 Å². The van der Waals surface area contributed by atoms with E-state index >= 15 is 0 Å². The van der Waals surface area contributed by atoms with Crippen molar-refractivity contribution < 1.29 is 8.53 Å². The van der Waals surface area contributed by atoms with Gasteiger partial charge < -0.3 is 14.2 Å². The Labute approximate surface area is 438 Å². The highest BCUT2D eigenvalue weighted by Gasteiger charge is 2.48. The zero-order chi connectivity index (χ0) is 53.2. The summed E-state index contributed by atoms with van der Waals surface area (Å²) in [6, 6.07) is 55.8. The third-order valence-electron chi connectivity index (χ3n) is 18.0. The first-order valence-corrected chi connectivity index (χ1v) is 26.8. The highest BCUT2D eigenvalue weighted by Crippen LogP contribution is 2.54. The third-order valence-corrected chi connectivity index (χ3v) is 18.0. The van der Waals surface area contributed by atoms with Gasteiger partial charge in [-0.3, -0.25) is 0 Å². The van der Waals surface area contributed by atoms with Crippen LogP contribution in [0.25, 0.3) is 44.2 Å². The number of anilines is 6. The van der Waals surface area contributed by atoms with Crippen LogP contribution < -0.4 is 26.2 Å². The first-order valence-electron chi connectivity index (χ1n) is 28.3. The predicted molar refractivity (Wildman–Crippen MR) is 313 cm³/mol. The molecule has 0 spiro atoms. The number of aryl methyl sites for hydroxylation is 1. The van der Waals surface area contributed by atoms with Gasteiger partial charge in [0.25, 0.3) is 6.71 Å². The second-order valence-electron chi connectivity index (χ2n) is 25.7. The van der Waals surface area contributed by atoms with E-state index in [4.69, 9.17) is 4.42 Å². The Morgan fingerprint density at radius 1 is 0.479 bits per heavy atom. The molecule has 0 saturated heterocycles. The minimum atomic E-state index is -2.41. The lowest BCUT2D eigenvalue weighted by Crippen LogP contribution is -2.62. The van der Waals surface area contributed by atoms with Gasteiger partial charge in [0, 0.05) is 48.9 Å². The molecule has 0 fully saturated rings. The second kappa shape index (κ2) is 15.6. The molecule has 1 aromatic heterocycles. The van der Waals surface area contributed by atoms with Crippen LogP contribution in [0.15, 0.2) is 156 Å². The molecular formula is C69H69BN2O. The van der Waals surface area contributed by atoms with E-state index < -0.39 is 6.85 Å². The number of hydrogen-bond acceptors (Lipinski definition) is 3. The number of benzene rings is 8. The summed E-state index contributed by atoms with van der Waals surface area (Å²) < 4.78 is 34.4. The van der Waals surface area contributed by atoms with Crippen molar-refractivity contribution in [3.8, 4) is 22.3 Å². The van der Waals surface area contributed by atoms with Crippen LogP contribution in [0.3, 0.4) is 0 Å². The van der Waals surface area contributed by atoms with Crippen molar-refractivity contribution in [2.45, 2.75) is 136 Å². The van der Waals surface area contributed by atoms with E-state index in [1.165, 1.54) is 38.7 Å². The van der Waals surface area contributed by atoms with Crippen LogP contribution in [0.2, 0.25) is 0 Å². The van der Waals surface area contributed by atoms with Crippen molar-refractivity contribution in [3.63, 3.8) is 0 Å². The fourth-order valence-electron chi connectivity index (χ4n) is 13.5. The number of furan rings is 1. The lowest BCUT2D eigenvalue weighted by molar-refractivity contribution is 0.332. The van der Waals surface area contributed by atoms with Crippen molar-refractivity contribution in [3.05, 3.63) is 185 Å². The van der Waals surface area contributed by atoms with Crippen molar-refractivity contribution in [1.29, 1.82) is 0 Å². The largest absolute Gasteiger partial charge is 0.456 e. The van der Waals surface area contributed by atoms with E-state index in [1.807, 2.05) is 18.2 Å². The quantitative estimate of drug-likeness (QED) is 0.164. The molecule has 8 aromatic carbocycles. The first kappa shape index (κ1) is 42.7.